The molecule has 0 saturated heterocycles. The van der Waals surface area contributed by atoms with Crippen molar-refractivity contribution in [2.75, 3.05) is 5.32 Å². The van der Waals surface area contributed by atoms with Gasteiger partial charge in [0, 0.05) is 5.69 Å². The summed E-state index contributed by atoms with van der Waals surface area (Å²) in [5, 5.41) is 11.9. The number of halogens is 2. The number of amides is 1. The van der Waals surface area contributed by atoms with Gasteiger partial charge in [-0.1, -0.05) is 35.3 Å². The number of carbonyl (C=O) groups excluding carboxylic acids is 1. The Morgan fingerprint density at radius 3 is 2.20 bits per heavy atom. The number of benzene rings is 2. The molecule has 0 heterocycles. The van der Waals surface area contributed by atoms with Gasteiger partial charge in [-0.3, -0.25) is 4.79 Å². The number of hydrogen-bond donors (Lipinski definition) is 2. The fraction of sp³-hybridized carbons (Fsp3) is 0. The second-order valence-corrected chi connectivity index (χ2v) is 4.75. The molecule has 0 atom stereocenters. The molecular formula is C14H9Cl2NO3. The van der Waals surface area contributed by atoms with Crippen molar-refractivity contribution >= 4 is 40.8 Å². The molecule has 20 heavy (non-hydrogen) atoms. The summed E-state index contributed by atoms with van der Waals surface area (Å²) in [5.41, 5.74) is 0.579. The van der Waals surface area contributed by atoms with Crippen molar-refractivity contribution in [2.45, 2.75) is 0 Å². The number of hydrogen-bond acceptors (Lipinski definition) is 2. The van der Waals surface area contributed by atoms with Crippen LogP contribution in [-0.4, -0.2) is 17.0 Å². The van der Waals surface area contributed by atoms with Crippen LogP contribution in [-0.2, 0) is 0 Å². The Kier molecular flexibility index (Phi) is 4.27. The summed E-state index contributed by atoms with van der Waals surface area (Å²) in [6.45, 7) is 0. The number of aromatic carboxylic acids is 1. The second kappa shape index (κ2) is 5.94. The lowest BCUT2D eigenvalue weighted by atomic mass is 10.1. The predicted molar refractivity (Wildman–Crippen MR) is 77.8 cm³/mol. The van der Waals surface area contributed by atoms with Crippen molar-refractivity contribution in [3.63, 3.8) is 0 Å². The Morgan fingerprint density at radius 1 is 1.00 bits per heavy atom. The third-order valence-electron chi connectivity index (χ3n) is 2.56. The lowest BCUT2D eigenvalue weighted by Crippen LogP contribution is -2.13. The number of rotatable bonds is 3. The number of carbonyl (C=O) groups is 2. The van der Waals surface area contributed by atoms with E-state index in [0.29, 0.717) is 5.69 Å². The van der Waals surface area contributed by atoms with Gasteiger partial charge in [-0.15, -0.1) is 0 Å². The Morgan fingerprint density at radius 2 is 1.60 bits per heavy atom. The third kappa shape index (κ3) is 3.10. The Hall–Kier alpha value is -2.04. The van der Waals surface area contributed by atoms with Crippen molar-refractivity contribution in [1.82, 2.24) is 0 Å². The van der Waals surface area contributed by atoms with E-state index in [2.05, 4.69) is 5.32 Å². The van der Waals surface area contributed by atoms with Gasteiger partial charge in [0.05, 0.1) is 21.2 Å². The van der Waals surface area contributed by atoms with Gasteiger partial charge in [0.2, 0.25) is 0 Å². The van der Waals surface area contributed by atoms with Gasteiger partial charge in [-0.2, -0.15) is 0 Å². The fourth-order valence-corrected chi connectivity index (χ4v) is 2.21. The smallest absolute Gasteiger partial charge is 0.335 e. The Labute approximate surface area is 124 Å². The quantitative estimate of drug-likeness (QED) is 0.902. The van der Waals surface area contributed by atoms with Crippen LogP contribution in [0.3, 0.4) is 0 Å². The SMILES string of the molecule is O=C(O)c1cccc(NC(=O)c2c(Cl)cccc2Cl)c1. The molecule has 2 rings (SSSR count). The van der Waals surface area contributed by atoms with Gasteiger partial charge in [0.1, 0.15) is 0 Å². The van der Waals surface area contributed by atoms with Crippen LogP contribution in [0.25, 0.3) is 0 Å². The molecule has 0 radical (unpaired) electrons. The average molecular weight is 310 g/mol. The zero-order chi connectivity index (χ0) is 14.7. The molecule has 0 spiro atoms. The minimum Gasteiger partial charge on any atom is -0.478 e. The molecule has 2 aromatic rings. The van der Waals surface area contributed by atoms with Crippen LogP contribution in [0.1, 0.15) is 20.7 Å². The summed E-state index contributed by atoms with van der Waals surface area (Å²) in [5.74, 6) is -1.57. The predicted octanol–water partition coefficient (Wildman–Crippen LogP) is 3.94. The van der Waals surface area contributed by atoms with Crippen molar-refractivity contribution < 1.29 is 14.7 Å². The van der Waals surface area contributed by atoms with Gasteiger partial charge in [0.15, 0.2) is 0 Å². The Balaban J connectivity index is 2.28. The summed E-state index contributed by atoms with van der Waals surface area (Å²) in [7, 11) is 0. The number of carboxylic acid groups (broad SMARTS) is 1. The highest BCUT2D eigenvalue weighted by Gasteiger charge is 2.15. The fourth-order valence-electron chi connectivity index (χ4n) is 1.64. The van der Waals surface area contributed by atoms with Gasteiger partial charge in [-0.25, -0.2) is 4.79 Å². The van der Waals surface area contributed by atoms with E-state index >= 15 is 0 Å². The zero-order valence-corrected chi connectivity index (χ0v) is 11.6. The molecule has 2 N–H and O–H groups in total. The minimum atomic E-state index is -1.07. The van der Waals surface area contributed by atoms with E-state index in [9.17, 15) is 9.59 Å². The van der Waals surface area contributed by atoms with Crippen molar-refractivity contribution in [1.29, 1.82) is 0 Å². The normalized spacial score (nSPS) is 10.1. The molecule has 1 amide bonds. The van der Waals surface area contributed by atoms with Crippen LogP contribution in [0.2, 0.25) is 10.0 Å². The molecule has 2 aromatic carbocycles. The van der Waals surface area contributed by atoms with Gasteiger partial charge >= 0.3 is 5.97 Å². The van der Waals surface area contributed by atoms with E-state index in [4.69, 9.17) is 28.3 Å². The monoisotopic (exact) mass is 309 g/mol. The largest absolute Gasteiger partial charge is 0.478 e. The molecule has 0 bridgehead atoms. The van der Waals surface area contributed by atoms with Crippen LogP contribution >= 0.6 is 23.2 Å². The zero-order valence-electron chi connectivity index (χ0n) is 10.1. The van der Waals surface area contributed by atoms with E-state index in [1.165, 1.54) is 18.2 Å². The van der Waals surface area contributed by atoms with E-state index in [0.717, 1.165) is 0 Å². The van der Waals surface area contributed by atoms with Crippen LogP contribution in [0.4, 0.5) is 5.69 Å². The van der Waals surface area contributed by atoms with Crippen LogP contribution in [0.5, 0.6) is 0 Å². The number of nitrogens with one attached hydrogen (secondary N) is 1. The summed E-state index contributed by atoms with van der Waals surface area (Å²) in [6, 6.07) is 10.6. The number of carboxylic acids is 1. The molecule has 0 fully saturated rings. The maximum atomic E-state index is 12.1. The highest BCUT2D eigenvalue weighted by Crippen LogP contribution is 2.25. The molecule has 0 aromatic heterocycles. The topological polar surface area (TPSA) is 66.4 Å². The summed E-state index contributed by atoms with van der Waals surface area (Å²) in [4.78, 5) is 23.0. The maximum Gasteiger partial charge on any atom is 0.335 e. The summed E-state index contributed by atoms with van der Waals surface area (Å²) < 4.78 is 0. The molecule has 102 valence electrons. The van der Waals surface area contributed by atoms with Gasteiger partial charge in [0.25, 0.3) is 5.91 Å². The third-order valence-corrected chi connectivity index (χ3v) is 3.19. The first-order valence-electron chi connectivity index (χ1n) is 5.58. The second-order valence-electron chi connectivity index (χ2n) is 3.94. The Bertz CT molecular complexity index is 666. The lowest BCUT2D eigenvalue weighted by Gasteiger charge is -2.08. The molecule has 0 saturated carbocycles. The van der Waals surface area contributed by atoms with E-state index in [-0.39, 0.29) is 21.2 Å². The van der Waals surface area contributed by atoms with Crippen molar-refractivity contribution in [2.24, 2.45) is 0 Å². The molecule has 0 aliphatic carbocycles. The minimum absolute atomic E-state index is 0.0769. The van der Waals surface area contributed by atoms with Crippen molar-refractivity contribution in [3.8, 4) is 0 Å². The summed E-state index contributed by atoms with van der Waals surface area (Å²) >= 11 is 11.9. The van der Waals surface area contributed by atoms with E-state index in [1.807, 2.05) is 0 Å². The number of anilines is 1. The van der Waals surface area contributed by atoms with Crippen molar-refractivity contribution in [3.05, 3.63) is 63.6 Å². The average Bonchev–Trinajstić information content (AvgIpc) is 2.38. The molecule has 0 aliphatic heterocycles. The molecule has 0 unspecified atom stereocenters. The highest BCUT2D eigenvalue weighted by atomic mass is 35.5. The molecule has 4 nitrogen and oxygen atoms in total. The first-order valence-corrected chi connectivity index (χ1v) is 6.33. The van der Waals surface area contributed by atoms with Crippen LogP contribution in [0, 0.1) is 0 Å². The molecule has 6 heteroatoms. The van der Waals surface area contributed by atoms with Gasteiger partial charge < -0.3 is 10.4 Å². The van der Waals surface area contributed by atoms with E-state index < -0.39 is 11.9 Å². The first-order chi connectivity index (χ1) is 9.49. The molecular weight excluding hydrogens is 301 g/mol. The van der Waals surface area contributed by atoms with Crippen LogP contribution in [0.15, 0.2) is 42.5 Å². The van der Waals surface area contributed by atoms with Crippen LogP contribution < -0.4 is 5.32 Å². The van der Waals surface area contributed by atoms with Gasteiger partial charge in [-0.05, 0) is 30.3 Å². The highest BCUT2D eigenvalue weighted by molar-refractivity contribution is 6.40. The lowest BCUT2D eigenvalue weighted by molar-refractivity contribution is 0.0696. The summed E-state index contributed by atoms with van der Waals surface area (Å²) in [6.07, 6.45) is 0. The standard InChI is InChI=1S/C14H9Cl2NO3/c15-10-5-2-6-11(16)12(10)13(18)17-9-4-1-3-8(7-9)14(19)20/h1-7H,(H,17,18)(H,19,20). The molecule has 0 aliphatic rings. The first kappa shape index (κ1) is 14.4. The van der Waals surface area contributed by atoms with E-state index in [1.54, 1.807) is 24.3 Å². The maximum absolute atomic E-state index is 12.1.